The zero-order valence-electron chi connectivity index (χ0n) is 21.2. The second-order valence-corrected chi connectivity index (χ2v) is 9.96. The normalized spacial score (nSPS) is 25.9. The zero-order valence-corrected chi connectivity index (χ0v) is 21.2. The lowest BCUT2D eigenvalue weighted by Gasteiger charge is -2.29. The fourth-order valence-corrected chi connectivity index (χ4v) is 6.21. The maximum absolute atomic E-state index is 13.9. The summed E-state index contributed by atoms with van der Waals surface area (Å²) in [6.07, 6.45) is 0.220. The first-order chi connectivity index (χ1) is 17.6. The zero-order chi connectivity index (χ0) is 26.6. The number of nitrogens with zero attached hydrogens (tertiary/aromatic N) is 1. The number of fused-ring (bicyclic) bond motifs is 4. The van der Waals surface area contributed by atoms with Gasteiger partial charge in [-0.15, -0.1) is 0 Å². The van der Waals surface area contributed by atoms with Gasteiger partial charge in [0.1, 0.15) is 5.54 Å². The van der Waals surface area contributed by atoms with Crippen LogP contribution in [0.4, 0.5) is 5.69 Å². The van der Waals surface area contributed by atoms with E-state index >= 15 is 0 Å². The van der Waals surface area contributed by atoms with Gasteiger partial charge >= 0.3 is 0 Å². The molecule has 0 bridgehead atoms. The first kappa shape index (κ1) is 24.8. The summed E-state index contributed by atoms with van der Waals surface area (Å²) in [4.78, 5) is 54.3. The summed E-state index contributed by atoms with van der Waals surface area (Å²) in [6.45, 7) is 3.92. The van der Waals surface area contributed by atoms with Gasteiger partial charge in [-0.1, -0.05) is 23.8 Å². The smallest absolute Gasteiger partial charge is 0.250 e. The number of amides is 4. The number of nitrogens with one attached hydrogen (secondary N) is 2. The Bertz CT molecular complexity index is 1340. The van der Waals surface area contributed by atoms with Gasteiger partial charge in [-0.3, -0.25) is 29.4 Å². The molecule has 10 nitrogen and oxygen atoms in total. The van der Waals surface area contributed by atoms with Crippen LogP contribution in [0.1, 0.15) is 28.7 Å². The summed E-state index contributed by atoms with van der Waals surface area (Å²) in [5, 5.41) is 6.15. The number of imide groups is 1. The van der Waals surface area contributed by atoms with Crippen molar-refractivity contribution in [2.75, 3.05) is 26.1 Å². The average Bonchev–Trinajstić information content (AvgIpc) is 3.42. The van der Waals surface area contributed by atoms with E-state index < -0.39 is 47.0 Å². The van der Waals surface area contributed by atoms with Gasteiger partial charge < -0.3 is 20.5 Å². The molecule has 0 aromatic heterocycles. The molecule has 2 saturated heterocycles. The molecule has 37 heavy (non-hydrogen) atoms. The molecule has 3 aliphatic rings. The number of anilines is 1. The molecule has 0 saturated carbocycles. The molecule has 10 heteroatoms. The summed E-state index contributed by atoms with van der Waals surface area (Å²) in [7, 11) is 3.08. The highest BCUT2D eigenvalue weighted by atomic mass is 16.5. The van der Waals surface area contributed by atoms with Crippen LogP contribution in [0, 0.1) is 25.7 Å². The van der Waals surface area contributed by atoms with Crippen molar-refractivity contribution < 1.29 is 28.7 Å². The molecule has 0 unspecified atom stereocenters. The van der Waals surface area contributed by atoms with Crippen molar-refractivity contribution in [1.29, 1.82) is 0 Å². The van der Waals surface area contributed by atoms with Crippen LogP contribution in [0.3, 0.4) is 0 Å². The van der Waals surface area contributed by atoms with Crippen LogP contribution in [0.5, 0.6) is 11.5 Å². The third kappa shape index (κ3) is 3.66. The Morgan fingerprint density at radius 2 is 1.78 bits per heavy atom. The highest BCUT2D eigenvalue weighted by Gasteiger charge is 2.70. The molecule has 4 atom stereocenters. The maximum Gasteiger partial charge on any atom is 0.250 e. The number of primary amides is 1. The second-order valence-electron chi connectivity index (χ2n) is 9.96. The Morgan fingerprint density at radius 3 is 2.46 bits per heavy atom. The van der Waals surface area contributed by atoms with Crippen molar-refractivity contribution in [2.45, 2.75) is 38.3 Å². The number of hydrogen-bond donors (Lipinski definition) is 3. The average molecular weight is 507 g/mol. The van der Waals surface area contributed by atoms with E-state index in [1.54, 1.807) is 19.2 Å². The molecule has 2 aromatic carbocycles. The van der Waals surface area contributed by atoms with Crippen molar-refractivity contribution in [3.05, 3.63) is 52.6 Å². The number of methoxy groups -OCH3 is 2. The topological polar surface area (TPSA) is 140 Å². The second kappa shape index (κ2) is 8.88. The number of benzene rings is 2. The fourth-order valence-electron chi connectivity index (χ4n) is 6.21. The molecule has 1 spiro atoms. The van der Waals surface area contributed by atoms with Crippen LogP contribution in [-0.2, 0) is 31.1 Å². The first-order valence-electron chi connectivity index (χ1n) is 12.2. The van der Waals surface area contributed by atoms with Crippen molar-refractivity contribution in [2.24, 2.45) is 17.6 Å². The van der Waals surface area contributed by atoms with Crippen molar-refractivity contribution in [3.8, 4) is 11.5 Å². The van der Waals surface area contributed by atoms with E-state index in [2.05, 4.69) is 10.6 Å². The van der Waals surface area contributed by atoms with Crippen LogP contribution >= 0.6 is 0 Å². The van der Waals surface area contributed by atoms with Gasteiger partial charge in [-0.2, -0.15) is 0 Å². The molecule has 4 amide bonds. The highest BCUT2D eigenvalue weighted by Crippen LogP contribution is 2.54. The van der Waals surface area contributed by atoms with E-state index in [1.807, 2.05) is 32.0 Å². The fraction of sp³-hybridized carbons (Fsp3) is 0.407. The molecule has 3 heterocycles. The largest absolute Gasteiger partial charge is 0.493 e. The predicted molar refractivity (Wildman–Crippen MR) is 134 cm³/mol. The number of likely N-dealkylation sites (tertiary alicyclic amines) is 1. The van der Waals surface area contributed by atoms with Crippen LogP contribution < -0.4 is 25.8 Å². The lowest BCUT2D eigenvalue weighted by Crippen LogP contribution is -2.53. The summed E-state index contributed by atoms with van der Waals surface area (Å²) in [5.41, 5.74) is 7.94. The van der Waals surface area contributed by atoms with Crippen LogP contribution in [-0.4, -0.2) is 55.3 Å². The van der Waals surface area contributed by atoms with Crippen molar-refractivity contribution >= 4 is 29.3 Å². The Hall–Kier alpha value is -3.92. The summed E-state index contributed by atoms with van der Waals surface area (Å²) in [6, 6.07) is 8.48. The number of hydrogen-bond acceptors (Lipinski definition) is 7. The first-order valence-corrected chi connectivity index (χ1v) is 12.2. The van der Waals surface area contributed by atoms with E-state index in [0.29, 0.717) is 29.2 Å². The van der Waals surface area contributed by atoms with Crippen molar-refractivity contribution in [1.82, 2.24) is 10.2 Å². The molecule has 5 rings (SSSR count). The molecule has 0 aliphatic carbocycles. The Morgan fingerprint density at radius 1 is 1.05 bits per heavy atom. The monoisotopic (exact) mass is 506 g/mol. The van der Waals surface area contributed by atoms with Gasteiger partial charge in [0, 0.05) is 30.3 Å². The molecule has 194 valence electrons. The number of carbonyl (C=O) groups is 4. The number of carbonyl (C=O) groups excluding carboxylic acids is 4. The molecular weight excluding hydrogens is 476 g/mol. The van der Waals surface area contributed by atoms with E-state index in [4.69, 9.17) is 15.2 Å². The van der Waals surface area contributed by atoms with Crippen LogP contribution in [0.25, 0.3) is 0 Å². The van der Waals surface area contributed by atoms with Gasteiger partial charge in [-0.25, -0.2) is 0 Å². The Balaban J connectivity index is 1.51. The molecular formula is C27H30N4O6. The third-order valence-electron chi connectivity index (χ3n) is 7.75. The van der Waals surface area contributed by atoms with E-state index in [1.165, 1.54) is 12.0 Å². The number of ether oxygens (including phenoxy) is 2. The number of rotatable bonds is 7. The minimum absolute atomic E-state index is 0.126. The van der Waals surface area contributed by atoms with Crippen LogP contribution in [0.2, 0.25) is 0 Å². The number of aryl methyl sites for hydroxylation is 2. The molecule has 0 radical (unpaired) electrons. The SMILES string of the molecule is COc1ccc(CCN2C(=O)[C@H]3[C@@H](C2=O)[C@]2(N[C@@H]3CC(N)=O)C(=O)Nc3c(C)cc(C)cc32)cc1OC. The van der Waals surface area contributed by atoms with E-state index in [9.17, 15) is 19.2 Å². The lowest BCUT2D eigenvalue weighted by atomic mass is 9.76. The highest BCUT2D eigenvalue weighted by molar-refractivity contribution is 6.15. The lowest BCUT2D eigenvalue weighted by molar-refractivity contribution is -0.142. The minimum atomic E-state index is -1.46. The Labute approximate surface area is 214 Å². The summed E-state index contributed by atoms with van der Waals surface area (Å²) in [5.74, 6) is -2.61. The van der Waals surface area contributed by atoms with E-state index in [0.717, 1.165) is 16.7 Å². The molecule has 3 aliphatic heterocycles. The minimum Gasteiger partial charge on any atom is -0.493 e. The molecule has 2 aromatic rings. The van der Waals surface area contributed by atoms with Crippen molar-refractivity contribution in [3.63, 3.8) is 0 Å². The quantitative estimate of drug-likeness (QED) is 0.479. The van der Waals surface area contributed by atoms with Gasteiger partial charge in [-0.05, 0) is 43.5 Å². The molecule has 4 N–H and O–H groups in total. The third-order valence-corrected chi connectivity index (χ3v) is 7.75. The van der Waals surface area contributed by atoms with Gasteiger partial charge in [0.15, 0.2) is 11.5 Å². The van der Waals surface area contributed by atoms with Gasteiger partial charge in [0.2, 0.25) is 23.6 Å². The maximum atomic E-state index is 13.9. The van der Waals surface area contributed by atoms with Crippen LogP contribution in [0.15, 0.2) is 30.3 Å². The van der Waals surface area contributed by atoms with Gasteiger partial charge in [0.05, 0.1) is 26.1 Å². The van der Waals surface area contributed by atoms with Gasteiger partial charge in [0.25, 0.3) is 0 Å². The predicted octanol–water partition coefficient (Wildman–Crippen LogP) is 1.16. The standard InChI is InChI=1S/C27H30N4O6/c1-13-9-14(2)23-16(10-13)27(26(35)29-23)22-21(17(30-27)12-20(28)32)24(33)31(25(22)34)8-7-15-5-6-18(36-3)19(11-15)37-4/h5-6,9-11,17,21-22,30H,7-8,12H2,1-4H3,(H2,28,32)(H,29,35)/t17-,21-,22+,27+/m1/s1. The summed E-state index contributed by atoms with van der Waals surface area (Å²) < 4.78 is 10.6. The van der Waals surface area contributed by atoms with E-state index in [-0.39, 0.29) is 13.0 Å². The number of nitrogens with two attached hydrogens (primary N) is 1. The Kier molecular flexibility index (Phi) is 5.94. The molecule has 2 fully saturated rings. The summed E-state index contributed by atoms with van der Waals surface area (Å²) >= 11 is 0.